The molecular weight excluding hydrogens is 296 g/mol. The van der Waals surface area contributed by atoms with Crippen LogP contribution in [-0.4, -0.2) is 26.6 Å². The Kier molecular flexibility index (Phi) is 4.63. The van der Waals surface area contributed by atoms with Crippen molar-refractivity contribution < 1.29 is 9.53 Å². The van der Waals surface area contributed by atoms with Crippen molar-refractivity contribution >= 4 is 17.6 Å². The molecule has 0 saturated heterocycles. The molecule has 2 aromatic rings. The van der Waals surface area contributed by atoms with Crippen LogP contribution in [0.25, 0.3) is 11.3 Å². The summed E-state index contributed by atoms with van der Waals surface area (Å²) in [5, 5.41) is 0. The summed E-state index contributed by atoms with van der Waals surface area (Å²) in [6.07, 6.45) is 2.59. The molecule has 0 aromatic carbocycles. The molecule has 2 rings (SSSR count). The fraction of sp³-hybridized carbons (Fsp3) is 0.333. The van der Waals surface area contributed by atoms with Gasteiger partial charge in [-0.1, -0.05) is 0 Å². The third-order valence-corrected chi connectivity index (χ3v) is 2.66. The number of rotatable bonds is 3. The summed E-state index contributed by atoms with van der Waals surface area (Å²) in [7, 11) is 0. The average Bonchev–Trinajstić information content (AvgIpc) is 2.43. The predicted molar refractivity (Wildman–Crippen MR) is 87.4 cm³/mol. The first kappa shape index (κ1) is 16.5. The fourth-order valence-corrected chi connectivity index (χ4v) is 1.83. The van der Waals surface area contributed by atoms with Gasteiger partial charge in [-0.25, -0.2) is 20.2 Å². The van der Waals surface area contributed by atoms with Crippen molar-refractivity contribution in [3.05, 3.63) is 30.4 Å². The van der Waals surface area contributed by atoms with Crippen molar-refractivity contribution in [2.24, 2.45) is 0 Å². The topological polar surface area (TPSA) is 115 Å². The third-order valence-electron chi connectivity index (χ3n) is 2.66. The van der Waals surface area contributed by atoms with E-state index in [9.17, 15) is 4.79 Å². The van der Waals surface area contributed by atoms with Crippen molar-refractivity contribution in [3.63, 3.8) is 0 Å². The largest absolute Gasteiger partial charge is 0.443 e. The van der Waals surface area contributed by atoms with Crippen molar-refractivity contribution in [2.45, 2.75) is 33.3 Å². The van der Waals surface area contributed by atoms with E-state index < -0.39 is 11.7 Å². The van der Waals surface area contributed by atoms with E-state index in [0.717, 1.165) is 5.56 Å². The first-order valence-electron chi connectivity index (χ1n) is 7.05. The van der Waals surface area contributed by atoms with Gasteiger partial charge in [0.2, 0.25) is 0 Å². The maximum Gasteiger partial charge on any atom is 0.426 e. The zero-order chi connectivity index (χ0) is 17.0. The summed E-state index contributed by atoms with van der Waals surface area (Å²) in [5.74, 6) is 0.960. The Hall–Kier alpha value is -2.90. The van der Waals surface area contributed by atoms with Crippen LogP contribution in [0.3, 0.4) is 0 Å². The van der Waals surface area contributed by atoms with Crippen LogP contribution in [0.15, 0.2) is 24.5 Å². The van der Waals surface area contributed by atoms with Gasteiger partial charge in [-0.15, -0.1) is 0 Å². The standard InChI is InChI=1S/C15H20N6O2/c1-9-18-12(10-5-6-17-8-11(10)16)7-13(19-9)20-21-14(22)23-15(2,3)4/h5-8H,16H2,1-4H3,(H,21,22)(H,18,19,20). The van der Waals surface area contributed by atoms with Crippen LogP contribution < -0.4 is 16.6 Å². The highest BCUT2D eigenvalue weighted by atomic mass is 16.6. The molecule has 0 unspecified atom stereocenters. The zero-order valence-electron chi connectivity index (χ0n) is 13.5. The highest BCUT2D eigenvalue weighted by molar-refractivity contribution is 5.74. The summed E-state index contributed by atoms with van der Waals surface area (Å²) in [6, 6.07) is 3.44. The lowest BCUT2D eigenvalue weighted by molar-refractivity contribution is 0.0541. The number of nitrogens with two attached hydrogens (primary N) is 1. The van der Waals surface area contributed by atoms with Gasteiger partial charge in [-0.05, 0) is 33.8 Å². The number of nitrogens with one attached hydrogen (secondary N) is 2. The van der Waals surface area contributed by atoms with Gasteiger partial charge in [0.05, 0.1) is 17.6 Å². The minimum atomic E-state index is -0.598. The second kappa shape index (κ2) is 6.47. The van der Waals surface area contributed by atoms with Crippen LogP contribution >= 0.6 is 0 Å². The number of hydrogen-bond acceptors (Lipinski definition) is 7. The molecule has 122 valence electrons. The van der Waals surface area contributed by atoms with Gasteiger partial charge in [0.25, 0.3) is 0 Å². The van der Waals surface area contributed by atoms with Gasteiger partial charge in [-0.2, -0.15) is 0 Å². The predicted octanol–water partition coefficient (Wildman–Crippen LogP) is 2.28. The number of aromatic nitrogens is 3. The molecule has 0 saturated carbocycles. The normalized spacial score (nSPS) is 11.0. The summed E-state index contributed by atoms with van der Waals surface area (Å²) < 4.78 is 5.14. The molecule has 0 atom stereocenters. The molecule has 1 amide bonds. The second-order valence-corrected chi connectivity index (χ2v) is 5.90. The second-order valence-electron chi connectivity index (χ2n) is 5.90. The molecule has 8 nitrogen and oxygen atoms in total. The molecular formula is C15H20N6O2. The lowest BCUT2D eigenvalue weighted by Gasteiger charge is -2.20. The Bertz CT molecular complexity index is 711. The van der Waals surface area contributed by atoms with Crippen molar-refractivity contribution in [1.29, 1.82) is 0 Å². The van der Waals surface area contributed by atoms with E-state index >= 15 is 0 Å². The molecule has 0 radical (unpaired) electrons. The molecule has 2 heterocycles. The Morgan fingerprint density at radius 2 is 2.04 bits per heavy atom. The number of aryl methyl sites for hydroxylation is 1. The van der Waals surface area contributed by atoms with Crippen LogP contribution in [0, 0.1) is 6.92 Å². The first-order valence-corrected chi connectivity index (χ1v) is 7.05. The molecule has 4 N–H and O–H groups in total. The molecule has 0 fully saturated rings. The van der Waals surface area contributed by atoms with Crippen molar-refractivity contribution in [3.8, 4) is 11.3 Å². The van der Waals surface area contributed by atoms with E-state index in [1.54, 1.807) is 52.2 Å². The molecule has 0 aliphatic rings. The number of amides is 1. The van der Waals surface area contributed by atoms with Gasteiger partial charge in [0, 0.05) is 17.8 Å². The molecule has 0 bridgehead atoms. The molecule has 0 spiro atoms. The Morgan fingerprint density at radius 1 is 1.30 bits per heavy atom. The minimum absolute atomic E-state index is 0.426. The van der Waals surface area contributed by atoms with Crippen molar-refractivity contribution in [2.75, 3.05) is 11.2 Å². The number of carbonyl (C=O) groups is 1. The molecule has 8 heteroatoms. The number of nitrogen functional groups attached to an aromatic ring is 1. The summed E-state index contributed by atoms with van der Waals surface area (Å²) in [5.41, 5.74) is 12.4. The molecule has 2 aromatic heterocycles. The minimum Gasteiger partial charge on any atom is -0.443 e. The highest BCUT2D eigenvalue weighted by Gasteiger charge is 2.16. The summed E-state index contributed by atoms with van der Waals surface area (Å²) in [4.78, 5) is 24.2. The van der Waals surface area contributed by atoms with Gasteiger partial charge >= 0.3 is 6.09 Å². The van der Waals surface area contributed by atoms with Crippen molar-refractivity contribution in [1.82, 2.24) is 20.4 Å². The molecule has 0 aliphatic heterocycles. The maximum absolute atomic E-state index is 11.7. The van der Waals surface area contributed by atoms with Gasteiger partial charge in [-0.3, -0.25) is 10.4 Å². The Labute approximate surface area is 134 Å². The van der Waals surface area contributed by atoms with Crippen LogP contribution in [0.2, 0.25) is 0 Å². The number of hydrogen-bond donors (Lipinski definition) is 3. The number of carbonyl (C=O) groups excluding carboxylic acids is 1. The van der Waals surface area contributed by atoms with E-state index in [2.05, 4.69) is 25.8 Å². The zero-order valence-corrected chi connectivity index (χ0v) is 13.5. The first-order chi connectivity index (χ1) is 10.7. The molecule has 23 heavy (non-hydrogen) atoms. The van der Waals surface area contributed by atoms with Crippen LogP contribution in [0.1, 0.15) is 26.6 Å². The van der Waals surface area contributed by atoms with Crippen LogP contribution in [-0.2, 0) is 4.74 Å². The van der Waals surface area contributed by atoms with Crippen LogP contribution in [0.4, 0.5) is 16.3 Å². The SMILES string of the molecule is Cc1nc(NNC(=O)OC(C)(C)C)cc(-c2ccncc2N)n1. The number of pyridine rings is 1. The van der Waals surface area contributed by atoms with Gasteiger partial charge in [0.15, 0.2) is 0 Å². The number of anilines is 2. The highest BCUT2D eigenvalue weighted by Crippen LogP contribution is 2.24. The van der Waals surface area contributed by atoms with E-state index in [0.29, 0.717) is 23.0 Å². The lowest BCUT2D eigenvalue weighted by Crippen LogP contribution is -2.36. The van der Waals surface area contributed by atoms with Crippen LogP contribution in [0.5, 0.6) is 0 Å². The van der Waals surface area contributed by atoms with E-state index in [1.165, 1.54) is 0 Å². The Morgan fingerprint density at radius 3 is 2.70 bits per heavy atom. The molecule has 0 aliphatic carbocycles. The Balaban J connectivity index is 2.15. The summed E-state index contributed by atoms with van der Waals surface area (Å²) >= 11 is 0. The monoisotopic (exact) mass is 316 g/mol. The fourth-order valence-electron chi connectivity index (χ4n) is 1.83. The van der Waals surface area contributed by atoms with E-state index in [1.807, 2.05) is 0 Å². The average molecular weight is 316 g/mol. The summed E-state index contributed by atoms with van der Waals surface area (Å²) in [6.45, 7) is 7.10. The third kappa shape index (κ3) is 4.80. The number of nitrogens with zero attached hydrogens (tertiary/aromatic N) is 3. The number of hydrazine groups is 1. The van der Waals surface area contributed by atoms with Gasteiger partial charge < -0.3 is 10.5 Å². The maximum atomic E-state index is 11.7. The quantitative estimate of drug-likeness (QED) is 0.744. The van der Waals surface area contributed by atoms with E-state index in [4.69, 9.17) is 10.5 Å². The van der Waals surface area contributed by atoms with Gasteiger partial charge in [0.1, 0.15) is 17.2 Å². The van der Waals surface area contributed by atoms with E-state index in [-0.39, 0.29) is 0 Å². The smallest absolute Gasteiger partial charge is 0.426 e. The number of ether oxygens (including phenoxy) is 1. The lowest BCUT2D eigenvalue weighted by atomic mass is 10.1.